The van der Waals surface area contributed by atoms with Crippen LogP contribution in [-0.2, 0) is 21.5 Å². The van der Waals surface area contributed by atoms with Crippen molar-refractivity contribution < 1.29 is 32.6 Å². The highest BCUT2D eigenvalue weighted by Crippen LogP contribution is 2.28. The van der Waals surface area contributed by atoms with Gasteiger partial charge in [-0.1, -0.05) is 6.07 Å². The Morgan fingerprint density at radius 2 is 1.96 bits per heavy atom. The van der Waals surface area contributed by atoms with Gasteiger partial charge in [0.1, 0.15) is 17.3 Å². The van der Waals surface area contributed by atoms with Crippen LogP contribution in [0.4, 0.5) is 18.0 Å². The van der Waals surface area contributed by atoms with Gasteiger partial charge in [-0.15, -0.1) is 0 Å². The average molecular weight is 380 g/mol. The molecule has 0 bridgehead atoms. The monoisotopic (exact) mass is 380 g/mol. The van der Waals surface area contributed by atoms with Crippen LogP contribution in [0.2, 0.25) is 0 Å². The van der Waals surface area contributed by atoms with E-state index >= 15 is 0 Å². The number of carbonyl (C=O) groups excluding carboxylic acids is 1. The molecule has 0 saturated carbocycles. The molecule has 2 N–H and O–H groups in total. The fraction of sp³-hybridized carbons (Fsp3) is 0.533. The highest BCUT2D eigenvalue weighted by Gasteiger charge is 2.32. The van der Waals surface area contributed by atoms with Gasteiger partial charge in [0.15, 0.2) is 0 Å². The number of hydrogen-bond acceptors (Lipinski definition) is 5. The summed E-state index contributed by atoms with van der Waals surface area (Å²) in [7, 11) is 0. The van der Waals surface area contributed by atoms with Crippen molar-refractivity contribution in [2.45, 2.75) is 44.3 Å². The van der Waals surface area contributed by atoms with E-state index in [0.29, 0.717) is 0 Å². The lowest BCUT2D eigenvalue weighted by Gasteiger charge is -2.21. The molecule has 1 rings (SSSR count). The van der Waals surface area contributed by atoms with Gasteiger partial charge in [0.05, 0.1) is 5.69 Å². The number of carboxylic acids is 1. The van der Waals surface area contributed by atoms with Crippen molar-refractivity contribution in [2.75, 3.05) is 5.75 Å². The maximum absolute atomic E-state index is 12.6. The third-order valence-electron chi connectivity index (χ3n) is 2.62. The molecule has 0 fully saturated rings. The van der Waals surface area contributed by atoms with Crippen molar-refractivity contribution >= 4 is 23.8 Å². The first-order chi connectivity index (χ1) is 11.4. The van der Waals surface area contributed by atoms with Gasteiger partial charge in [0, 0.05) is 11.5 Å². The van der Waals surface area contributed by atoms with Crippen molar-refractivity contribution in [3.8, 4) is 0 Å². The molecule has 0 aromatic carbocycles. The lowest BCUT2D eigenvalue weighted by Crippen LogP contribution is -2.44. The molecule has 0 aliphatic rings. The van der Waals surface area contributed by atoms with Crippen LogP contribution in [0.5, 0.6) is 0 Å². The molecule has 0 aliphatic carbocycles. The first-order valence-corrected chi connectivity index (χ1v) is 8.37. The van der Waals surface area contributed by atoms with E-state index in [4.69, 9.17) is 9.84 Å². The lowest BCUT2D eigenvalue weighted by atomic mass is 10.2. The number of ether oxygens (including phenoxy) is 1. The van der Waals surface area contributed by atoms with Gasteiger partial charge < -0.3 is 15.2 Å². The average Bonchev–Trinajstić information content (AvgIpc) is 2.43. The Labute approximate surface area is 147 Å². The predicted molar refractivity (Wildman–Crippen MR) is 86.2 cm³/mol. The maximum atomic E-state index is 12.6. The number of carboxylic acid groups (broad SMARTS) is 1. The number of pyridine rings is 1. The molecule has 10 heteroatoms. The van der Waals surface area contributed by atoms with Gasteiger partial charge in [-0.25, -0.2) is 14.6 Å². The molecular formula is C15H19F3N2O4S. The van der Waals surface area contributed by atoms with E-state index in [1.807, 2.05) is 0 Å². The van der Waals surface area contributed by atoms with Crippen LogP contribution in [0.3, 0.4) is 0 Å². The van der Waals surface area contributed by atoms with Gasteiger partial charge >= 0.3 is 18.2 Å². The normalized spacial score (nSPS) is 13.2. The van der Waals surface area contributed by atoms with Crippen molar-refractivity contribution in [3.05, 3.63) is 29.6 Å². The van der Waals surface area contributed by atoms with E-state index in [-0.39, 0.29) is 17.2 Å². The van der Waals surface area contributed by atoms with Crippen LogP contribution >= 0.6 is 11.8 Å². The highest BCUT2D eigenvalue weighted by molar-refractivity contribution is 7.98. The van der Waals surface area contributed by atoms with Gasteiger partial charge in [-0.05, 0) is 32.9 Å². The molecule has 1 heterocycles. The number of alkyl halides is 3. The quantitative estimate of drug-likeness (QED) is 0.787. The van der Waals surface area contributed by atoms with Crippen LogP contribution in [-0.4, -0.2) is 39.5 Å². The number of halogens is 3. The molecule has 1 aromatic rings. The largest absolute Gasteiger partial charge is 0.480 e. The SMILES string of the molecule is CC(C)(C)OC(=O)NC(CSCc1cccc(C(F)(F)F)n1)C(=O)O. The number of aromatic nitrogens is 1. The van der Waals surface area contributed by atoms with Crippen molar-refractivity contribution in [1.82, 2.24) is 10.3 Å². The van der Waals surface area contributed by atoms with Crippen LogP contribution in [0.1, 0.15) is 32.2 Å². The Kier molecular flexibility index (Phi) is 7.09. The zero-order valence-corrected chi connectivity index (χ0v) is 14.7. The van der Waals surface area contributed by atoms with Gasteiger partial charge in [0.25, 0.3) is 0 Å². The first-order valence-electron chi connectivity index (χ1n) is 7.21. The van der Waals surface area contributed by atoms with Gasteiger partial charge in [-0.2, -0.15) is 24.9 Å². The molecule has 0 saturated heterocycles. The van der Waals surface area contributed by atoms with Crippen LogP contribution in [0, 0.1) is 0 Å². The Morgan fingerprint density at radius 3 is 2.48 bits per heavy atom. The van der Waals surface area contributed by atoms with Crippen LogP contribution < -0.4 is 5.32 Å². The molecule has 25 heavy (non-hydrogen) atoms. The minimum atomic E-state index is -4.54. The Bertz CT molecular complexity index is 618. The standard InChI is InChI=1S/C15H19F3N2O4S/c1-14(2,3)24-13(23)20-10(12(21)22)8-25-7-9-5-4-6-11(19-9)15(16,17)18/h4-6,10H,7-8H2,1-3H3,(H,20,23)(H,21,22). The molecule has 0 radical (unpaired) electrons. The minimum absolute atomic E-state index is 0.0491. The number of nitrogens with zero attached hydrogens (tertiary/aromatic N) is 1. The number of amides is 1. The summed E-state index contributed by atoms with van der Waals surface area (Å²) in [5, 5.41) is 11.3. The van der Waals surface area contributed by atoms with Crippen LogP contribution in [0.15, 0.2) is 18.2 Å². The number of thioether (sulfide) groups is 1. The molecule has 1 atom stereocenters. The summed E-state index contributed by atoms with van der Waals surface area (Å²) in [6.45, 7) is 4.91. The summed E-state index contributed by atoms with van der Waals surface area (Å²) < 4.78 is 42.8. The third-order valence-corrected chi connectivity index (χ3v) is 3.69. The second-order valence-corrected chi connectivity index (χ2v) is 7.09. The molecule has 1 unspecified atom stereocenters. The van der Waals surface area contributed by atoms with E-state index < -0.39 is 35.6 Å². The fourth-order valence-corrected chi connectivity index (χ4v) is 2.57. The molecule has 140 valence electrons. The summed E-state index contributed by atoms with van der Waals surface area (Å²) in [6, 6.07) is 2.28. The Morgan fingerprint density at radius 1 is 1.32 bits per heavy atom. The summed E-state index contributed by atoms with van der Waals surface area (Å²) >= 11 is 1.04. The smallest absolute Gasteiger partial charge is 0.433 e. The zero-order valence-electron chi connectivity index (χ0n) is 13.9. The molecule has 0 spiro atoms. The van der Waals surface area contributed by atoms with Crippen molar-refractivity contribution in [2.24, 2.45) is 0 Å². The lowest BCUT2D eigenvalue weighted by molar-refractivity contribution is -0.141. The molecule has 6 nitrogen and oxygen atoms in total. The third kappa shape index (κ3) is 8.10. The predicted octanol–water partition coefficient (Wildman–Crippen LogP) is 3.31. The summed E-state index contributed by atoms with van der Waals surface area (Å²) in [6.07, 6.45) is -5.42. The molecule has 1 aromatic heterocycles. The number of carbonyl (C=O) groups is 2. The Hall–Kier alpha value is -1.97. The first kappa shape index (κ1) is 21.1. The van der Waals surface area contributed by atoms with Crippen LogP contribution in [0.25, 0.3) is 0 Å². The van der Waals surface area contributed by atoms with E-state index in [0.717, 1.165) is 17.8 Å². The summed E-state index contributed by atoms with van der Waals surface area (Å²) in [4.78, 5) is 26.3. The molecule has 0 aliphatic heterocycles. The second kappa shape index (κ2) is 8.41. The number of hydrogen-bond donors (Lipinski definition) is 2. The van der Waals surface area contributed by atoms with Gasteiger partial charge in [0.2, 0.25) is 0 Å². The van der Waals surface area contributed by atoms with Gasteiger partial charge in [-0.3, -0.25) is 0 Å². The topological polar surface area (TPSA) is 88.5 Å². The number of nitrogens with one attached hydrogen (secondary N) is 1. The van der Waals surface area contributed by atoms with E-state index in [9.17, 15) is 22.8 Å². The number of alkyl carbamates (subject to hydrolysis) is 1. The Balaban J connectivity index is 2.59. The summed E-state index contributed by atoms with van der Waals surface area (Å²) in [5.74, 6) is -1.24. The molecule has 1 amide bonds. The summed E-state index contributed by atoms with van der Waals surface area (Å²) in [5.41, 5.74) is -1.61. The zero-order chi connectivity index (χ0) is 19.3. The van der Waals surface area contributed by atoms with E-state index in [1.54, 1.807) is 20.8 Å². The minimum Gasteiger partial charge on any atom is -0.480 e. The second-order valence-electron chi connectivity index (χ2n) is 6.06. The van der Waals surface area contributed by atoms with E-state index in [2.05, 4.69) is 10.3 Å². The van der Waals surface area contributed by atoms with E-state index in [1.165, 1.54) is 12.1 Å². The number of aliphatic carboxylic acids is 1. The molecular weight excluding hydrogens is 361 g/mol. The maximum Gasteiger partial charge on any atom is 0.433 e. The van der Waals surface area contributed by atoms with Crippen molar-refractivity contribution in [1.29, 1.82) is 0 Å². The van der Waals surface area contributed by atoms with Crippen molar-refractivity contribution in [3.63, 3.8) is 0 Å². The fourth-order valence-electron chi connectivity index (χ4n) is 1.62. The highest BCUT2D eigenvalue weighted by atomic mass is 32.2. The number of rotatable bonds is 6.